The fourth-order valence-electron chi connectivity index (χ4n) is 0.964. The average molecular weight is 169 g/mol. The first kappa shape index (κ1) is 8.23. The van der Waals surface area contributed by atoms with Gasteiger partial charge in [0.2, 0.25) is 11.6 Å². The molecule has 4 N–H and O–H groups in total. The van der Waals surface area contributed by atoms with E-state index in [1.165, 1.54) is 0 Å². The maximum Gasteiger partial charge on any atom is 0.235 e. The lowest BCUT2D eigenvalue weighted by Gasteiger charge is -2.29. The summed E-state index contributed by atoms with van der Waals surface area (Å²) < 4.78 is 0. The van der Waals surface area contributed by atoms with Crippen molar-refractivity contribution in [1.29, 1.82) is 0 Å². The number of alkyl halides is 1. The molecule has 1 rings (SSSR count). The monoisotopic (exact) mass is 168 g/mol. The van der Waals surface area contributed by atoms with E-state index in [1.807, 2.05) is 0 Å². The van der Waals surface area contributed by atoms with Gasteiger partial charge in [-0.3, -0.25) is 0 Å². The number of aliphatic hydroxyl groups is 4. The van der Waals surface area contributed by atoms with E-state index in [4.69, 9.17) is 32.0 Å². The van der Waals surface area contributed by atoms with Crippen LogP contribution in [0.15, 0.2) is 0 Å². The molecule has 60 valence electrons. The van der Waals surface area contributed by atoms with Gasteiger partial charge in [-0.25, -0.2) is 0 Å². The predicted octanol–water partition coefficient (Wildman–Crippen LogP) is -1.25. The fourth-order valence-corrected chi connectivity index (χ4v) is 1.25. The minimum atomic E-state index is -2.57. The Kier molecular flexibility index (Phi) is 1.69. The van der Waals surface area contributed by atoms with Gasteiger partial charge in [0.05, 0.1) is 5.38 Å². The number of hydrogen-bond donors (Lipinski definition) is 4. The van der Waals surface area contributed by atoms with E-state index in [1.54, 1.807) is 0 Å². The van der Waals surface area contributed by atoms with Crippen molar-refractivity contribution in [1.82, 2.24) is 0 Å². The van der Waals surface area contributed by atoms with E-state index >= 15 is 0 Å². The molecule has 1 fully saturated rings. The fraction of sp³-hybridized carbons (Fsp3) is 1.00. The van der Waals surface area contributed by atoms with E-state index < -0.39 is 17.0 Å². The third-order valence-electron chi connectivity index (χ3n) is 1.77. The normalized spacial score (nSPS) is 36.3. The molecule has 1 aliphatic rings. The Morgan fingerprint density at radius 2 is 1.70 bits per heavy atom. The van der Waals surface area contributed by atoms with Crippen LogP contribution in [-0.2, 0) is 0 Å². The Hall–Kier alpha value is 0.130. The molecule has 1 aliphatic carbocycles. The smallest absolute Gasteiger partial charge is 0.235 e. The second kappa shape index (κ2) is 2.06. The lowest BCUT2D eigenvalue weighted by molar-refractivity contribution is -0.337. The zero-order valence-electron chi connectivity index (χ0n) is 5.16. The molecule has 0 bridgehead atoms. The molecule has 0 amide bonds. The Balaban J connectivity index is 2.84. The van der Waals surface area contributed by atoms with Crippen molar-refractivity contribution in [3.05, 3.63) is 0 Å². The number of hydrogen-bond acceptors (Lipinski definition) is 4. The van der Waals surface area contributed by atoms with E-state index in [0.717, 1.165) is 0 Å². The van der Waals surface area contributed by atoms with Crippen LogP contribution in [0.25, 0.3) is 0 Å². The van der Waals surface area contributed by atoms with Crippen LogP contribution in [0.2, 0.25) is 0 Å². The summed E-state index contributed by atoms with van der Waals surface area (Å²) in [6, 6.07) is 0. The van der Waals surface area contributed by atoms with E-state index in [-0.39, 0.29) is 12.8 Å². The topological polar surface area (TPSA) is 80.9 Å². The Morgan fingerprint density at radius 3 is 1.80 bits per heavy atom. The molecule has 1 unspecified atom stereocenters. The van der Waals surface area contributed by atoms with Gasteiger partial charge < -0.3 is 20.4 Å². The summed E-state index contributed by atoms with van der Waals surface area (Å²) in [6.45, 7) is 0. The number of halogens is 1. The Bertz CT molecular complexity index is 145. The van der Waals surface area contributed by atoms with Crippen molar-refractivity contribution >= 4 is 11.6 Å². The zero-order valence-corrected chi connectivity index (χ0v) is 5.91. The molecular formula is C5H9ClO4. The van der Waals surface area contributed by atoms with Crippen molar-refractivity contribution in [2.24, 2.45) is 0 Å². The van der Waals surface area contributed by atoms with Crippen molar-refractivity contribution in [2.45, 2.75) is 29.8 Å². The predicted molar refractivity (Wildman–Crippen MR) is 33.2 cm³/mol. The summed E-state index contributed by atoms with van der Waals surface area (Å²) in [6.07, 6.45) is 0.0652. The first-order chi connectivity index (χ1) is 4.38. The summed E-state index contributed by atoms with van der Waals surface area (Å²) in [5, 5.41) is 34.5. The summed E-state index contributed by atoms with van der Waals surface area (Å²) in [7, 11) is 0. The molecule has 0 aromatic heterocycles. The molecule has 5 heteroatoms. The molecule has 0 saturated heterocycles. The SMILES string of the molecule is OC1(O)CCC(Cl)C1(O)O. The van der Waals surface area contributed by atoms with Gasteiger partial charge in [-0.1, -0.05) is 0 Å². The van der Waals surface area contributed by atoms with Crippen molar-refractivity contribution in [3.63, 3.8) is 0 Å². The molecule has 0 spiro atoms. The minimum absolute atomic E-state index is 0.117. The Labute approximate surface area is 62.7 Å². The quantitative estimate of drug-likeness (QED) is 0.269. The van der Waals surface area contributed by atoms with Gasteiger partial charge in [0, 0.05) is 6.42 Å². The molecule has 10 heavy (non-hydrogen) atoms. The summed E-state index contributed by atoms with van der Waals surface area (Å²) in [4.78, 5) is 0. The van der Waals surface area contributed by atoms with Crippen LogP contribution >= 0.6 is 11.6 Å². The molecule has 0 radical (unpaired) electrons. The maximum atomic E-state index is 8.91. The van der Waals surface area contributed by atoms with Crippen LogP contribution in [0.5, 0.6) is 0 Å². The van der Waals surface area contributed by atoms with E-state index in [0.29, 0.717) is 0 Å². The lowest BCUT2D eigenvalue weighted by Crippen LogP contribution is -2.54. The largest absolute Gasteiger partial charge is 0.361 e. The third kappa shape index (κ3) is 0.926. The highest BCUT2D eigenvalue weighted by atomic mass is 35.5. The average Bonchev–Trinajstić information content (AvgIpc) is 1.94. The Morgan fingerprint density at radius 1 is 1.20 bits per heavy atom. The first-order valence-electron chi connectivity index (χ1n) is 2.91. The van der Waals surface area contributed by atoms with Crippen LogP contribution in [0, 0.1) is 0 Å². The molecule has 4 nitrogen and oxygen atoms in total. The standard InChI is InChI=1S/C5H9ClO4/c6-3-1-2-4(7,8)5(3,9)10/h3,7-10H,1-2H2. The summed E-state index contributed by atoms with van der Waals surface area (Å²) in [5.74, 6) is -5.03. The van der Waals surface area contributed by atoms with Crippen molar-refractivity contribution in [3.8, 4) is 0 Å². The molecule has 0 aromatic rings. The van der Waals surface area contributed by atoms with Gasteiger partial charge in [0.25, 0.3) is 0 Å². The second-order valence-electron chi connectivity index (χ2n) is 2.55. The highest BCUT2D eigenvalue weighted by molar-refractivity contribution is 6.21. The van der Waals surface area contributed by atoms with Crippen molar-refractivity contribution < 1.29 is 20.4 Å². The summed E-state index contributed by atoms with van der Waals surface area (Å²) in [5.41, 5.74) is 0. The minimum Gasteiger partial charge on any atom is -0.361 e. The van der Waals surface area contributed by atoms with Crippen LogP contribution < -0.4 is 0 Å². The van der Waals surface area contributed by atoms with Crippen molar-refractivity contribution in [2.75, 3.05) is 0 Å². The highest BCUT2D eigenvalue weighted by Gasteiger charge is 2.57. The molecule has 0 heterocycles. The molecular weight excluding hydrogens is 160 g/mol. The van der Waals surface area contributed by atoms with Gasteiger partial charge in [0.15, 0.2) is 0 Å². The van der Waals surface area contributed by atoms with Gasteiger partial charge in [-0.15, -0.1) is 11.6 Å². The molecule has 1 atom stereocenters. The third-order valence-corrected chi connectivity index (χ3v) is 2.29. The zero-order chi connectivity index (χ0) is 7.99. The van der Waals surface area contributed by atoms with Gasteiger partial charge in [-0.05, 0) is 6.42 Å². The van der Waals surface area contributed by atoms with E-state index in [9.17, 15) is 0 Å². The first-order valence-corrected chi connectivity index (χ1v) is 3.35. The highest BCUT2D eigenvalue weighted by Crippen LogP contribution is 2.38. The number of rotatable bonds is 0. The van der Waals surface area contributed by atoms with E-state index in [2.05, 4.69) is 0 Å². The van der Waals surface area contributed by atoms with Gasteiger partial charge in [-0.2, -0.15) is 0 Å². The molecule has 0 aromatic carbocycles. The van der Waals surface area contributed by atoms with Gasteiger partial charge in [0.1, 0.15) is 0 Å². The van der Waals surface area contributed by atoms with Crippen LogP contribution in [0.1, 0.15) is 12.8 Å². The van der Waals surface area contributed by atoms with Crippen LogP contribution in [0.3, 0.4) is 0 Å². The molecule has 1 saturated carbocycles. The van der Waals surface area contributed by atoms with Crippen LogP contribution in [-0.4, -0.2) is 37.4 Å². The lowest BCUT2D eigenvalue weighted by atomic mass is 10.1. The van der Waals surface area contributed by atoms with Crippen LogP contribution in [0.4, 0.5) is 0 Å². The summed E-state index contributed by atoms with van der Waals surface area (Å²) >= 11 is 5.37. The molecule has 0 aliphatic heterocycles. The second-order valence-corrected chi connectivity index (χ2v) is 3.08. The maximum absolute atomic E-state index is 8.91. The van der Waals surface area contributed by atoms with Gasteiger partial charge >= 0.3 is 0 Å².